The smallest absolute Gasteiger partial charge is 0.230 e. The van der Waals surface area contributed by atoms with Crippen molar-refractivity contribution in [2.75, 3.05) is 19.6 Å². The predicted octanol–water partition coefficient (Wildman–Crippen LogP) is 3.06. The van der Waals surface area contributed by atoms with Crippen molar-refractivity contribution in [3.8, 4) is 11.5 Å². The van der Waals surface area contributed by atoms with Gasteiger partial charge < -0.3 is 4.52 Å². The molecular formula is C15H17ClN4O. The first-order valence-electron chi connectivity index (χ1n) is 7.03. The summed E-state index contributed by atoms with van der Waals surface area (Å²) in [6.07, 6.45) is 3.71. The SMILES string of the molecule is C=C(Cl)CN1CCC(c2nc(-c3ccccn3)no2)CC1. The summed E-state index contributed by atoms with van der Waals surface area (Å²) in [4.78, 5) is 11.0. The lowest BCUT2D eigenvalue weighted by Gasteiger charge is -2.29. The van der Waals surface area contributed by atoms with E-state index in [-0.39, 0.29) is 0 Å². The van der Waals surface area contributed by atoms with E-state index in [0.717, 1.165) is 38.2 Å². The highest BCUT2D eigenvalue weighted by molar-refractivity contribution is 6.29. The van der Waals surface area contributed by atoms with Crippen LogP contribution in [-0.4, -0.2) is 39.7 Å². The Hall–Kier alpha value is -1.72. The fourth-order valence-electron chi connectivity index (χ4n) is 2.58. The number of nitrogens with zero attached hydrogens (tertiary/aromatic N) is 4. The first kappa shape index (κ1) is 14.2. The third-order valence-corrected chi connectivity index (χ3v) is 3.79. The van der Waals surface area contributed by atoms with Gasteiger partial charge in [-0.15, -0.1) is 0 Å². The molecule has 0 bridgehead atoms. The third-order valence-electron chi connectivity index (χ3n) is 3.67. The zero-order valence-corrected chi connectivity index (χ0v) is 12.5. The van der Waals surface area contributed by atoms with Crippen molar-refractivity contribution in [1.29, 1.82) is 0 Å². The first-order chi connectivity index (χ1) is 10.2. The van der Waals surface area contributed by atoms with Crippen molar-refractivity contribution in [1.82, 2.24) is 20.0 Å². The molecule has 0 amide bonds. The van der Waals surface area contributed by atoms with Crippen LogP contribution in [0.2, 0.25) is 0 Å². The minimum atomic E-state index is 0.315. The number of hydrogen-bond donors (Lipinski definition) is 0. The molecule has 0 spiro atoms. The maximum absolute atomic E-state index is 5.85. The predicted molar refractivity (Wildman–Crippen MR) is 80.9 cm³/mol. The molecular weight excluding hydrogens is 288 g/mol. The van der Waals surface area contributed by atoms with Gasteiger partial charge in [-0.3, -0.25) is 9.88 Å². The summed E-state index contributed by atoms with van der Waals surface area (Å²) in [5, 5.41) is 4.72. The van der Waals surface area contributed by atoms with Gasteiger partial charge >= 0.3 is 0 Å². The maximum atomic E-state index is 5.85. The van der Waals surface area contributed by atoms with Gasteiger partial charge in [0.2, 0.25) is 11.7 Å². The van der Waals surface area contributed by atoms with Crippen molar-refractivity contribution in [2.24, 2.45) is 0 Å². The molecule has 3 rings (SSSR count). The topological polar surface area (TPSA) is 55.1 Å². The maximum Gasteiger partial charge on any atom is 0.230 e. The van der Waals surface area contributed by atoms with Crippen molar-refractivity contribution in [3.05, 3.63) is 41.9 Å². The van der Waals surface area contributed by atoms with Gasteiger partial charge in [-0.05, 0) is 38.1 Å². The number of piperidine rings is 1. The normalized spacial score (nSPS) is 17.0. The molecule has 1 saturated heterocycles. The molecule has 0 aromatic carbocycles. The van der Waals surface area contributed by atoms with Crippen molar-refractivity contribution in [3.63, 3.8) is 0 Å². The standard InChI is InChI=1S/C15H17ClN4O/c1-11(16)10-20-8-5-12(6-9-20)15-18-14(19-21-15)13-4-2-3-7-17-13/h2-4,7,12H,1,5-6,8-10H2. The minimum absolute atomic E-state index is 0.315. The molecule has 0 radical (unpaired) electrons. The van der Waals surface area contributed by atoms with Crippen molar-refractivity contribution < 1.29 is 4.52 Å². The molecule has 1 fully saturated rings. The Morgan fingerprint density at radius 2 is 2.19 bits per heavy atom. The molecule has 0 unspecified atom stereocenters. The Morgan fingerprint density at radius 3 is 2.86 bits per heavy atom. The lowest BCUT2D eigenvalue weighted by Crippen LogP contribution is -2.33. The van der Waals surface area contributed by atoms with E-state index in [2.05, 4.69) is 26.6 Å². The van der Waals surface area contributed by atoms with Gasteiger partial charge in [-0.2, -0.15) is 4.98 Å². The number of aromatic nitrogens is 3. The molecule has 2 aromatic heterocycles. The monoisotopic (exact) mass is 304 g/mol. The average Bonchev–Trinajstić information content (AvgIpc) is 2.98. The highest BCUT2D eigenvalue weighted by Gasteiger charge is 2.25. The van der Waals surface area contributed by atoms with E-state index in [1.807, 2.05) is 18.2 Å². The zero-order valence-electron chi connectivity index (χ0n) is 11.7. The van der Waals surface area contributed by atoms with E-state index in [1.165, 1.54) is 0 Å². The van der Waals surface area contributed by atoms with Gasteiger partial charge in [-0.1, -0.05) is 29.4 Å². The Balaban J connectivity index is 1.64. The number of pyridine rings is 1. The van der Waals surface area contributed by atoms with Crippen molar-refractivity contribution >= 4 is 11.6 Å². The van der Waals surface area contributed by atoms with Gasteiger partial charge in [0.05, 0.1) is 0 Å². The fraction of sp³-hybridized carbons (Fsp3) is 0.400. The molecule has 0 atom stereocenters. The van der Waals surface area contributed by atoms with Gasteiger partial charge in [-0.25, -0.2) is 0 Å². The van der Waals surface area contributed by atoms with Crippen LogP contribution in [-0.2, 0) is 0 Å². The summed E-state index contributed by atoms with van der Waals surface area (Å²) in [6.45, 7) is 6.43. The summed E-state index contributed by atoms with van der Waals surface area (Å²) < 4.78 is 5.41. The van der Waals surface area contributed by atoms with Crippen LogP contribution in [0.4, 0.5) is 0 Å². The Bertz CT molecular complexity index is 605. The van der Waals surface area contributed by atoms with E-state index in [0.29, 0.717) is 22.7 Å². The molecule has 110 valence electrons. The second kappa shape index (κ2) is 6.37. The average molecular weight is 305 g/mol. The quantitative estimate of drug-likeness (QED) is 0.869. The van der Waals surface area contributed by atoms with Crippen LogP contribution in [0.1, 0.15) is 24.7 Å². The van der Waals surface area contributed by atoms with Crippen LogP contribution in [0, 0.1) is 0 Å². The molecule has 0 N–H and O–H groups in total. The minimum Gasteiger partial charge on any atom is -0.339 e. The molecule has 0 saturated carbocycles. The lowest BCUT2D eigenvalue weighted by atomic mass is 9.97. The second-order valence-electron chi connectivity index (χ2n) is 5.24. The van der Waals surface area contributed by atoms with Crippen molar-refractivity contribution in [2.45, 2.75) is 18.8 Å². The Labute approximate surface area is 128 Å². The van der Waals surface area contributed by atoms with Crippen LogP contribution in [0.25, 0.3) is 11.5 Å². The number of halogens is 1. The van der Waals surface area contributed by atoms with Gasteiger partial charge in [0.25, 0.3) is 0 Å². The van der Waals surface area contributed by atoms with E-state index in [4.69, 9.17) is 16.1 Å². The molecule has 2 aromatic rings. The largest absolute Gasteiger partial charge is 0.339 e. The summed E-state index contributed by atoms with van der Waals surface area (Å²) >= 11 is 5.85. The Kier molecular flexibility index (Phi) is 4.31. The van der Waals surface area contributed by atoms with E-state index >= 15 is 0 Å². The zero-order chi connectivity index (χ0) is 14.7. The molecule has 0 aliphatic carbocycles. The third kappa shape index (κ3) is 3.49. The Morgan fingerprint density at radius 1 is 1.38 bits per heavy atom. The second-order valence-corrected chi connectivity index (χ2v) is 5.77. The van der Waals surface area contributed by atoms with Gasteiger partial charge in [0.1, 0.15) is 5.69 Å². The molecule has 5 nitrogen and oxygen atoms in total. The van der Waals surface area contributed by atoms with Crippen LogP contribution >= 0.6 is 11.6 Å². The summed E-state index contributed by atoms with van der Waals surface area (Å²) in [6, 6.07) is 5.66. The number of hydrogen-bond acceptors (Lipinski definition) is 5. The van der Waals surface area contributed by atoms with E-state index in [9.17, 15) is 0 Å². The van der Waals surface area contributed by atoms with E-state index < -0.39 is 0 Å². The summed E-state index contributed by atoms with van der Waals surface area (Å²) in [7, 11) is 0. The number of rotatable bonds is 4. The van der Waals surface area contributed by atoms with Gasteiger partial charge in [0.15, 0.2) is 0 Å². The summed E-state index contributed by atoms with van der Waals surface area (Å²) in [5.74, 6) is 1.58. The molecule has 21 heavy (non-hydrogen) atoms. The van der Waals surface area contributed by atoms with Crippen LogP contribution < -0.4 is 0 Å². The lowest BCUT2D eigenvalue weighted by molar-refractivity contribution is 0.209. The molecule has 3 heterocycles. The fourth-order valence-corrected chi connectivity index (χ4v) is 2.75. The molecule has 1 aliphatic heterocycles. The van der Waals surface area contributed by atoms with Crippen LogP contribution in [0.15, 0.2) is 40.5 Å². The molecule has 1 aliphatic rings. The first-order valence-corrected chi connectivity index (χ1v) is 7.41. The summed E-state index contributed by atoms with van der Waals surface area (Å²) in [5.41, 5.74) is 0.739. The highest BCUT2D eigenvalue weighted by atomic mass is 35.5. The van der Waals surface area contributed by atoms with Crippen LogP contribution in [0.3, 0.4) is 0 Å². The van der Waals surface area contributed by atoms with Crippen LogP contribution in [0.5, 0.6) is 0 Å². The molecule has 6 heteroatoms. The van der Waals surface area contributed by atoms with E-state index in [1.54, 1.807) is 6.20 Å². The number of likely N-dealkylation sites (tertiary alicyclic amines) is 1. The van der Waals surface area contributed by atoms with Gasteiger partial charge in [0, 0.05) is 23.7 Å². The highest BCUT2D eigenvalue weighted by Crippen LogP contribution is 2.28.